The maximum absolute atomic E-state index is 14.6. The topological polar surface area (TPSA) is 102 Å². The number of ether oxygens (including phenoxy) is 2. The van der Waals surface area contributed by atoms with Crippen LogP contribution in [0.15, 0.2) is 36.5 Å². The predicted molar refractivity (Wildman–Crippen MR) is 126 cm³/mol. The summed E-state index contributed by atoms with van der Waals surface area (Å²) >= 11 is 0. The first-order chi connectivity index (χ1) is 17.0. The van der Waals surface area contributed by atoms with Gasteiger partial charge in [-0.15, -0.1) is 10.2 Å². The molecule has 0 radical (unpaired) electrons. The summed E-state index contributed by atoms with van der Waals surface area (Å²) in [6, 6.07) is 6.82. The van der Waals surface area contributed by atoms with Gasteiger partial charge >= 0.3 is 5.97 Å². The van der Waals surface area contributed by atoms with Crippen molar-refractivity contribution in [2.24, 2.45) is 0 Å². The van der Waals surface area contributed by atoms with E-state index in [0.29, 0.717) is 24.6 Å². The maximum Gasteiger partial charge on any atom is 0.359 e. The zero-order chi connectivity index (χ0) is 26.0. The van der Waals surface area contributed by atoms with Crippen LogP contribution < -0.4 is 10.2 Å². The molecule has 0 saturated carbocycles. The number of carbonyl (C=O) groups excluding carboxylic acids is 1. The Morgan fingerprint density at radius 3 is 2.44 bits per heavy atom. The third-order valence-corrected chi connectivity index (χ3v) is 5.56. The van der Waals surface area contributed by atoms with Gasteiger partial charge in [0.1, 0.15) is 0 Å². The summed E-state index contributed by atoms with van der Waals surface area (Å²) in [6.45, 7) is 5.74. The second-order valence-electron chi connectivity index (χ2n) is 8.60. The zero-order valence-corrected chi connectivity index (χ0v) is 20.1. The van der Waals surface area contributed by atoms with Crippen molar-refractivity contribution in [2.45, 2.75) is 38.9 Å². The highest BCUT2D eigenvalue weighted by Gasteiger charge is 2.26. The molecule has 4 rings (SSSR count). The highest BCUT2D eigenvalue weighted by atomic mass is 19.3. The number of methoxy groups -OCH3 is 1. The standard InChI is InChI=1S/C24H25F3N6O3/c1-13-11-33(12-14(2)36-13)23-28-10-18(25)21(30-23)29-19-9-17(20(32-31-19)22(34)35-4)15-5-7-16(8-6-15)24(3,26)27/h5-10,13-14H,11-12H2,1-4H3,(H,28,29,30,31)/t13-,14+. The molecule has 1 aromatic carbocycles. The monoisotopic (exact) mass is 502 g/mol. The third-order valence-electron chi connectivity index (χ3n) is 5.56. The summed E-state index contributed by atoms with van der Waals surface area (Å²) in [4.78, 5) is 22.6. The molecule has 1 N–H and O–H groups in total. The molecule has 36 heavy (non-hydrogen) atoms. The first-order valence-corrected chi connectivity index (χ1v) is 11.2. The largest absolute Gasteiger partial charge is 0.464 e. The molecule has 0 aliphatic carbocycles. The van der Waals surface area contributed by atoms with Crippen molar-refractivity contribution in [3.63, 3.8) is 0 Å². The molecule has 3 aromatic rings. The molecule has 0 amide bonds. The molecule has 1 saturated heterocycles. The molecule has 3 heterocycles. The second kappa shape index (κ2) is 10.1. The summed E-state index contributed by atoms with van der Waals surface area (Å²) in [5.74, 6) is -4.25. The van der Waals surface area contributed by atoms with Crippen LogP contribution in [-0.2, 0) is 15.4 Å². The van der Waals surface area contributed by atoms with Gasteiger partial charge in [-0.2, -0.15) is 4.98 Å². The van der Waals surface area contributed by atoms with E-state index in [1.807, 2.05) is 18.7 Å². The van der Waals surface area contributed by atoms with Crippen LogP contribution in [0.3, 0.4) is 0 Å². The van der Waals surface area contributed by atoms with E-state index in [1.54, 1.807) is 0 Å². The van der Waals surface area contributed by atoms with Crippen molar-refractivity contribution in [1.29, 1.82) is 0 Å². The average molecular weight is 502 g/mol. The number of hydrogen-bond donors (Lipinski definition) is 1. The lowest BCUT2D eigenvalue weighted by Crippen LogP contribution is -2.46. The number of benzene rings is 1. The van der Waals surface area contributed by atoms with Crippen molar-refractivity contribution in [2.75, 3.05) is 30.4 Å². The molecule has 2 atom stereocenters. The van der Waals surface area contributed by atoms with Crippen LogP contribution in [0.2, 0.25) is 0 Å². The molecule has 1 fully saturated rings. The van der Waals surface area contributed by atoms with E-state index >= 15 is 0 Å². The fourth-order valence-electron chi connectivity index (χ4n) is 3.92. The van der Waals surface area contributed by atoms with E-state index in [2.05, 4.69) is 25.5 Å². The second-order valence-corrected chi connectivity index (χ2v) is 8.60. The van der Waals surface area contributed by atoms with Gasteiger partial charge in [0.05, 0.1) is 25.5 Å². The van der Waals surface area contributed by atoms with Crippen LogP contribution in [0.25, 0.3) is 11.1 Å². The maximum atomic E-state index is 14.6. The van der Waals surface area contributed by atoms with Crippen LogP contribution in [0, 0.1) is 5.82 Å². The van der Waals surface area contributed by atoms with E-state index in [-0.39, 0.29) is 40.7 Å². The van der Waals surface area contributed by atoms with Crippen molar-refractivity contribution in [1.82, 2.24) is 20.2 Å². The van der Waals surface area contributed by atoms with Gasteiger partial charge in [0.2, 0.25) is 5.95 Å². The molecule has 2 aromatic heterocycles. The molecule has 9 nitrogen and oxygen atoms in total. The summed E-state index contributed by atoms with van der Waals surface area (Å²) in [5.41, 5.74) is 0.366. The minimum atomic E-state index is -3.02. The fourth-order valence-corrected chi connectivity index (χ4v) is 3.92. The number of carbonyl (C=O) groups is 1. The Kier molecular flexibility index (Phi) is 7.07. The Morgan fingerprint density at radius 2 is 1.83 bits per heavy atom. The Balaban J connectivity index is 1.67. The van der Waals surface area contributed by atoms with Crippen LogP contribution in [-0.4, -0.2) is 58.5 Å². The van der Waals surface area contributed by atoms with Gasteiger partial charge in [0.15, 0.2) is 23.1 Å². The Bertz CT molecular complexity index is 1240. The summed E-state index contributed by atoms with van der Waals surface area (Å²) < 4.78 is 52.4. The Hall–Kier alpha value is -3.80. The smallest absolute Gasteiger partial charge is 0.359 e. The van der Waals surface area contributed by atoms with Crippen molar-refractivity contribution in [3.8, 4) is 11.1 Å². The fraction of sp³-hybridized carbons (Fsp3) is 0.375. The molecule has 12 heteroatoms. The third kappa shape index (κ3) is 5.54. The summed E-state index contributed by atoms with van der Waals surface area (Å²) in [6.07, 6.45) is 0.963. The molecular weight excluding hydrogens is 477 g/mol. The number of aromatic nitrogens is 4. The van der Waals surface area contributed by atoms with Crippen molar-refractivity contribution in [3.05, 3.63) is 53.6 Å². The molecule has 0 unspecified atom stereocenters. The summed E-state index contributed by atoms with van der Waals surface area (Å²) in [5, 5.41) is 10.7. The number of esters is 1. The van der Waals surface area contributed by atoms with E-state index in [1.165, 1.54) is 37.4 Å². The van der Waals surface area contributed by atoms with Gasteiger partial charge in [-0.05, 0) is 25.5 Å². The number of halogens is 3. The highest BCUT2D eigenvalue weighted by Crippen LogP contribution is 2.31. The van der Waals surface area contributed by atoms with Gasteiger partial charge in [-0.25, -0.2) is 22.9 Å². The Labute approximate surface area is 205 Å². The first kappa shape index (κ1) is 25.3. The minimum absolute atomic E-state index is 0.0443. The summed E-state index contributed by atoms with van der Waals surface area (Å²) in [7, 11) is 1.19. The molecule has 0 bridgehead atoms. The number of hydrogen-bond acceptors (Lipinski definition) is 9. The van der Waals surface area contributed by atoms with E-state index in [0.717, 1.165) is 13.1 Å². The quantitative estimate of drug-likeness (QED) is 0.494. The van der Waals surface area contributed by atoms with Gasteiger partial charge in [0, 0.05) is 31.1 Å². The normalized spacial score (nSPS) is 18.1. The van der Waals surface area contributed by atoms with Crippen molar-refractivity contribution < 1.29 is 27.4 Å². The molecule has 1 aliphatic heterocycles. The van der Waals surface area contributed by atoms with E-state index in [9.17, 15) is 18.0 Å². The number of nitrogens with one attached hydrogen (secondary N) is 1. The van der Waals surface area contributed by atoms with Crippen LogP contribution in [0.1, 0.15) is 36.8 Å². The average Bonchev–Trinajstić information content (AvgIpc) is 2.84. The lowest BCUT2D eigenvalue weighted by atomic mass is 10.0. The number of rotatable bonds is 6. The van der Waals surface area contributed by atoms with E-state index in [4.69, 9.17) is 9.47 Å². The van der Waals surface area contributed by atoms with Crippen LogP contribution >= 0.6 is 0 Å². The predicted octanol–water partition coefficient (Wildman–Crippen LogP) is 4.33. The van der Waals surface area contributed by atoms with Crippen LogP contribution in [0.4, 0.5) is 30.8 Å². The van der Waals surface area contributed by atoms with Gasteiger partial charge in [-0.1, -0.05) is 24.3 Å². The molecular formula is C24H25F3N6O3. The Morgan fingerprint density at radius 1 is 1.17 bits per heavy atom. The lowest BCUT2D eigenvalue weighted by Gasteiger charge is -2.35. The number of morpholine rings is 1. The molecule has 1 aliphatic rings. The van der Waals surface area contributed by atoms with Crippen LogP contribution in [0.5, 0.6) is 0 Å². The number of nitrogens with zero attached hydrogens (tertiary/aromatic N) is 5. The van der Waals surface area contributed by atoms with Crippen molar-refractivity contribution >= 4 is 23.6 Å². The SMILES string of the molecule is COC(=O)c1nnc(Nc2nc(N3C[C@@H](C)O[C@@H](C)C3)ncc2F)cc1-c1ccc(C(C)(F)F)cc1. The van der Waals surface area contributed by atoms with Gasteiger partial charge in [0.25, 0.3) is 5.92 Å². The van der Waals surface area contributed by atoms with E-state index < -0.39 is 17.7 Å². The molecule has 190 valence electrons. The number of alkyl halides is 2. The number of anilines is 3. The van der Waals surface area contributed by atoms with Gasteiger partial charge < -0.3 is 19.7 Å². The lowest BCUT2D eigenvalue weighted by molar-refractivity contribution is -0.00573. The highest BCUT2D eigenvalue weighted by molar-refractivity contribution is 5.95. The minimum Gasteiger partial charge on any atom is -0.464 e. The first-order valence-electron chi connectivity index (χ1n) is 11.2. The van der Waals surface area contributed by atoms with Gasteiger partial charge in [-0.3, -0.25) is 0 Å². The molecule has 0 spiro atoms. The zero-order valence-electron chi connectivity index (χ0n) is 20.1.